The van der Waals surface area contributed by atoms with Gasteiger partial charge in [-0.1, -0.05) is 6.92 Å². The van der Waals surface area contributed by atoms with Gasteiger partial charge in [0.15, 0.2) is 0 Å². The van der Waals surface area contributed by atoms with Crippen LogP contribution in [-0.4, -0.2) is 29.3 Å². The third-order valence-corrected chi connectivity index (χ3v) is 2.26. The highest BCUT2D eigenvalue weighted by molar-refractivity contribution is 5.30. The molecule has 0 unspecified atom stereocenters. The number of aromatic nitrogens is 2. The number of ether oxygens (including phenoxy) is 1. The summed E-state index contributed by atoms with van der Waals surface area (Å²) in [5.41, 5.74) is 0.606. The maximum atomic E-state index is 11.9. The van der Waals surface area contributed by atoms with E-state index in [1.807, 2.05) is 6.92 Å². The predicted octanol–water partition coefficient (Wildman–Crippen LogP) is 3.16. The Kier molecular flexibility index (Phi) is 6.55. The molecule has 0 saturated carbocycles. The van der Waals surface area contributed by atoms with E-state index < -0.39 is 12.6 Å². The zero-order valence-electron chi connectivity index (χ0n) is 10.8. The molecule has 1 heterocycles. The third kappa shape index (κ3) is 7.61. The van der Waals surface area contributed by atoms with Crippen molar-refractivity contribution in [3.63, 3.8) is 0 Å². The van der Waals surface area contributed by atoms with Gasteiger partial charge in [-0.25, -0.2) is 4.98 Å². The van der Waals surface area contributed by atoms with E-state index in [0.717, 1.165) is 13.0 Å². The second-order valence-corrected chi connectivity index (χ2v) is 4.09. The minimum absolute atomic E-state index is 0.0347. The van der Waals surface area contributed by atoms with Gasteiger partial charge in [0.2, 0.25) is 0 Å². The first-order valence-corrected chi connectivity index (χ1v) is 6.20. The molecule has 108 valence electrons. The number of nitrogens with one attached hydrogen (secondary N) is 1. The van der Waals surface area contributed by atoms with Crippen LogP contribution < -0.4 is 5.32 Å². The molecule has 0 aromatic carbocycles. The van der Waals surface area contributed by atoms with Crippen LogP contribution in [0.2, 0.25) is 0 Å². The monoisotopic (exact) mass is 277 g/mol. The van der Waals surface area contributed by atoms with Crippen molar-refractivity contribution >= 4 is 5.82 Å². The van der Waals surface area contributed by atoms with Gasteiger partial charge in [0, 0.05) is 19.6 Å². The fraction of sp³-hybridized carbons (Fsp3) is 0.667. The average Bonchev–Trinajstić information content (AvgIpc) is 2.36. The number of hydrogen-bond donors (Lipinski definition) is 1. The largest absolute Gasteiger partial charge is 0.389 e. The molecule has 1 rings (SSSR count). The summed E-state index contributed by atoms with van der Waals surface area (Å²) in [6.45, 7) is 3.11. The molecule has 0 aliphatic carbocycles. The zero-order chi connectivity index (χ0) is 14.1. The van der Waals surface area contributed by atoms with Gasteiger partial charge in [0.1, 0.15) is 5.82 Å². The Bertz CT molecular complexity index is 354. The first-order valence-electron chi connectivity index (χ1n) is 6.20. The molecule has 0 fully saturated rings. The lowest BCUT2D eigenvalue weighted by Gasteiger charge is -2.07. The Balaban J connectivity index is 2.19. The molecule has 0 aliphatic heterocycles. The molecule has 19 heavy (non-hydrogen) atoms. The normalized spacial score (nSPS) is 11.6. The Hall–Kier alpha value is -1.37. The average molecular weight is 277 g/mol. The summed E-state index contributed by atoms with van der Waals surface area (Å²) in [7, 11) is 0. The van der Waals surface area contributed by atoms with Crippen LogP contribution in [0.1, 0.15) is 31.9 Å². The molecule has 0 aliphatic rings. The molecule has 1 aromatic rings. The van der Waals surface area contributed by atoms with E-state index in [4.69, 9.17) is 4.74 Å². The minimum atomic E-state index is -4.12. The van der Waals surface area contributed by atoms with E-state index in [1.54, 1.807) is 12.4 Å². The molecule has 0 saturated heterocycles. The van der Waals surface area contributed by atoms with Gasteiger partial charge in [0.25, 0.3) is 0 Å². The highest BCUT2D eigenvalue weighted by Gasteiger charge is 2.25. The summed E-state index contributed by atoms with van der Waals surface area (Å²) in [6.07, 6.45) is -0.834. The Labute approximate surface area is 110 Å². The predicted molar refractivity (Wildman–Crippen MR) is 65.8 cm³/mol. The van der Waals surface area contributed by atoms with E-state index in [1.165, 1.54) is 0 Å². The molecule has 0 amide bonds. The van der Waals surface area contributed by atoms with Crippen LogP contribution in [0, 0.1) is 0 Å². The Morgan fingerprint density at radius 2 is 2.05 bits per heavy atom. The summed E-state index contributed by atoms with van der Waals surface area (Å²) >= 11 is 0. The molecule has 0 bridgehead atoms. The molecule has 7 heteroatoms. The second kappa shape index (κ2) is 7.93. The topological polar surface area (TPSA) is 47.0 Å². The second-order valence-electron chi connectivity index (χ2n) is 4.09. The quantitative estimate of drug-likeness (QED) is 0.741. The number of hydrogen-bond acceptors (Lipinski definition) is 4. The van der Waals surface area contributed by atoms with Crippen LogP contribution in [0.5, 0.6) is 0 Å². The van der Waals surface area contributed by atoms with E-state index in [2.05, 4.69) is 15.3 Å². The van der Waals surface area contributed by atoms with Gasteiger partial charge < -0.3 is 10.1 Å². The van der Waals surface area contributed by atoms with Crippen LogP contribution in [0.4, 0.5) is 19.0 Å². The van der Waals surface area contributed by atoms with Crippen molar-refractivity contribution in [1.82, 2.24) is 9.97 Å². The van der Waals surface area contributed by atoms with E-state index in [0.29, 0.717) is 11.5 Å². The van der Waals surface area contributed by atoms with Gasteiger partial charge >= 0.3 is 6.18 Å². The molecule has 0 spiro atoms. The van der Waals surface area contributed by atoms with Crippen molar-refractivity contribution in [3.05, 3.63) is 18.1 Å². The Morgan fingerprint density at radius 3 is 2.63 bits per heavy atom. The summed E-state index contributed by atoms with van der Waals surface area (Å²) in [6, 6.07) is 0. The maximum Gasteiger partial charge on any atom is 0.389 e. The van der Waals surface area contributed by atoms with Crippen LogP contribution in [0.25, 0.3) is 0 Å². The highest BCUT2D eigenvalue weighted by atomic mass is 19.4. The van der Waals surface area contributed by atoms with Gasteiger partial charge in [-0.2, -0.15) is 13.2 Å². The molecular weight excluding hydrogens is 259 g/mol. The van der Waals surface area contributed by atoms with Crippen LogP contribution in [-0.2, 0) is 11.3 Å². The number of halogens is 3. The minimum Gasteiger partial charge on any atom is -0.375 e. The summed E-state index contributed by atoms with van der Waals surface area (Å²) in [5, 5.41) is 3.08. The SMILES string of the molecule is CCCNc1cnc(COCCCC(F)(F)F)cn1. The zero-order valence-corrected chi connectivity index (χ0v) is 10.8. The van der Waals surface area contributed by atoms with Crippen molar-refractivity contribution in [2.24, 2.45) is 0 Å². The smallest absolute Gasteiger partial charge is 0.375 e. The van der Waals surface area contributed by atoms with Crippen LogP contribution >= 0.6 is 0 Å². The van der Waals surface area contributed by atoms with Crippen molar-refractivity contribution in [3.8, 4) is 0 Å². The lowest BCUT2D eigenvalue weighted by Crippen LogP contribution is -2.09. The van der Waals surface area contributed by atoms with E-state index in [-0.39, 0.29) is 19.6 Å². The van der Waals surface area contributed by atoms with Gasteiger partial charge in [-0.15, -0.1) is 0 Å². The number of nitrogens with zero attached hydrogens (tertiary/aromatic N) is 2. The molecule has 0 atom stereocenters. The summed E-state index contributed by atoms with van der Waals surface area (Å²) in [5.74, 6) is 0.683. The standard InChI is InChI=1S/C12H18F3N3O/c1-2-5-16-11-8-17-10(7-18-11)9-19-6-3-4-12(13,14)15/h7-8H,2-6,9H2,1H3,(H,16,18). The third-order valence-electron chi connectivity index (χ3n) is 2.26. The first-order chi connectivity index (χ1) is 9.01. The number of anilines is 1. The van der Waals surface area contributed by atoms with Crippen molar-refractivity contribution in [2.45, 2.75) is 39.0 Å². The van der Waals surface area contributed by atoms with E-state index in [9.17, 15) is 13.2 Å². The van der Waals surface area contributed by atoms with Crippen molar-refractivity contribution in [2.75, 3.05) is 18.5 Å². The lowest BCUT2D eigenvalue weighted by atomic mass is 10.3. The van der Waals surface area contributed by atoms with Crippen LogP contribution in [0.3, 0.4) is 0 Å². The molecule has 1 aromatic heterocycles. The van der Waals surface area contributed by atoms with Crippen LogP contribution in [0.15, 0.2) is 12.4 Å². The number of alkyl halides is 3. The molecule has 1 N–H and O–H groups in total. The van der Waals surface area contributed by atoms with Crippen molar-refractivity contribution < 1.29 is 17.9 Å². The fourth-order valence-corrected chi connectivity index (χ4v) is 1.33. The fourth-order valence-electron chi connectivity index (χ4n) is 1.33. The Morgan fingerprint density at radius 1 is 1.26 bits per heavy atom. The van der Waals surface area contributed by atoms with E-state index >= 15 is 0 Å². The molecule has 0 radical (unpaired) electrons. The first kappa shape index (κ1) is 15.7. The molecular formula is C12H18F3N3O. The van der Waals surface area contributed by atoms with Gasteiger partial charge in [0.05, 0.1) is 24.7 Å². The summed E-state index contributed by atoms with van der Waals surface area (Å²) in [4.78, 5) is 8.23. The van der Waals surface area contributed by atoms with Gasteiger partial charge in [-0.3, -0.25) is 4.98 Å². The summed E-state index contributed by atoms with van der Waals surface area (Å²) < 4.78 is 40.7. The maximum absolute atomic E-state index is 11.9. The number of rotatable bonds is 8. The van der Waals surface area contributed by atoms with Crippen molar-refractivity contribution in [1.29, 1.82) is 0 Å². The molecule has 4 nitrogen and oxygen atoms in total. The highest BCUT2D eigenvalue weighted by Crippen LogP contribution is 2.21. The van der Waals surface area contributed by atoms with Gasteiger partial charge in [-0.05, 0) is 12.8 Å². The lowest BCUT2D eigenvalue weighted by molar-refractivity contribution is -0.138.